The number of hydrogen-bond acceptors (Lipinski definition) is 4. The fraction of sp³-hybridized carbons (Fsp3) is 0.550. The average Bonchev–Trinajstić information content (AvgIpc) is 3.08. The Morgan fingerprint density at radius 3 is 2.70 bits per heavy atom. The highest BCUT2D eigenvalue weighted by molar-refractivity contribution is 5.79. The normalized spacial score (nSPS) is 11.6. The van der Waals surface area contributed by atoms with Crippen molar-refractivity contribution in [2.75, 3.05) is 13.6 Å². The van der Waals surface area contributed by atoms with E-state index in [1.807, 2.05) is 17.6 Å². The van der Waals surface area contributed by atoms with E-state index in [1.165, 1.54) is 0 Å². The van der Waals surface area contributed by atoms with E-state index in [4.69, 9.17) is 4.52 Å². The fourth-order valence-electron chi connectivity index (χ4n) is 3.04. The number of guanidine groups is 1. The van der Waals surface area contributed by atoms with Gasteiger partial charge in [-0.15, -0.1) is 0 Å². The molecule has 2 N–H and O–H groups in total. The fourth-order valence-corrected chi connectivity index (χ4v) is 3.04. The molecule has 0 amide bonds. The van der Waals surface area contributed by atoms with Crippen molar-refractivity contribution in [2.45, 2.75) is 59.5 Å². The maximum atomic E-state index is 11.9. The Labute approximate surface area is 160 Å². The van der Waals surface area contributed by atoms with E-state index in [9.17, 15) is 4.79 Å². The van der Waals surface area contributed by atoms with Crippen LogP contribution in [0.15, 0.2) is 32.5 Å². The molecule has 27 heavy (non-hydrogen) atoms. The number of nitrogens with one attached hydrogen (secondary N) is 2. The maximum Gasteiger partial charge on any atom is 0.250 e. The minimum atomic E-state index is 0.0626. The highest BCUT2D eigenvalue weighted by Crippen LogP contribution is 2.15. The van der Waals surface area contributed by atoms with Gasteiger partial charge in [-0.1, -0.05) is 25.1 Å². The van der Waals surface area contributed by atoms with Crippen LogP contribution in [-0.2, 0) is 25.9 Å². The van der Waals surface area contributed by atoms with Gasteiger partial charge in [-0.3, -0.25) is 9.79 Å². The first-order chi connectivity index (χ1) is 13.1. The maximum absolute atomic E-state index is 11.9. The molecule has 0 spiro atoms. The van der Waals surface area contributed by atoms with Gasteiger partial charge in [-0.25, -0.2) is 0 Å². The lowest BCUT2D eigenvalue weighted by molar-refractivity contribution is 0.380. The van der Waals surface area contributed by atoms with Crippen LogP contribution in [0.4, 0.5) is 0 Å². The van der Waals surface area contributed by atoms with Crippen molar-refractivity contribution < 1.29 is 4.52 Å². The highest BCUT2D eigenvalue weighted by Gasteiger charge is 2.13. The van der Waals surface area contributed by atoms with Gasteiger partial charge in [-0.2, -0.15) is 0 Å². The zero-order valence-corrected chi connectivity index (χ0v) is 16.8. The van der Waals surface area contributed by atoms with E-state index < -0.39 is 0 Å². The summed E-state index contributed by atoms with van der Waals surface area (Å²) >= 11 is 0. The summed E-state index contributed by atoms with van der Waals surface area (Å²) in [5.41, 5.74) is 3.19. The third kappa shape index (κ3) is 5.70. The quantitative estimate of drug-likeness (QED) is 0.401. The molecule has 2 rings (SSSR count). The van der Waals surface area contributed by atoms with Gasteiger partial charge in [0.05, 0.1) is 5.69 Å². The summed E-state index contributed by atoms with van der Waals surface area (Å²) in [6.45, 7) is 8.29. The molecule has 0 aliphatic carbocycles. The number of aromatic nitrogens is 2. The van der Waals surface area contributed by atoms with Crippen LogP contribution in [0.5, 0.6) is 0 Å². The molecule has 2 aromatic rings. The lowest BCUT2D eigenvalue weighted by atomic mass is 10.1. The predicted molar refractivity (Wildman–Crippen MR) is 108 cm³/mol. The van der Waals surface area contributed by atoms with Gasteiger partial charge in [0.2, 0.25) is 0 Å². The third-order valence-corrected chi connectivity index (χ3v) is 4.63. The standard InChI is InChI=1S/C20H31N5O2/c1-5-17-16(18(6-2)27-24-17)14-23-20(21-4)22-12-7-8-13-25-15(3)10-9-11-19(25)26/h9-11H,5-8,12-14H2,1-4H3,(H2,21,22,23). The van der Waals surface area contributed by atoms with Gasteiger partial charge in [0.1, 0.15) is 5.76 Å². The summed E-state index contributed by atoms with van der Waals surface area (Å²) in [5, 5.41) is 10.8. The molecular weight excluding hydrogens is 342 g/mol. The van der Waals surface area contributed by atoms with Crippen LogP contribution in [0.2, 0.25) is 0 Å². The SMILES string of the molecule is CCc1noc(CC)c1CNC(=NC)NCCCCn1c(C)cccc1=O. The third-order valence-electron chi connectivity index (χ3n) is 4.63. The number of aliphatic imine (C=N–C) groups is 1. The van der Waals surface area contributed by atoms with Crippen molar-refractivity contribution in [3.8, 4) is 0 Å². The molecule has 7 nitrogen and oxygen atoms in total. The Hall–Kier alpha value is -2.57. The molecule has 148 valence electrons. The number of hydrogen-bond donors (Lipinski definition) is 2. The number of nitrogens with zero attached hydrogens (tertiary/aromatic N) is 3. The van der Waals surface area contributed by atoms with Crippen LogP contribution in [0.25, 0.3) is 0 Å². The zero-order chi connectivity index (χ0) is 19.6. The van der Waals surface area contributed by atoms with Gasteiger partial charge in [0.25, 0.3) is 5.56 Å². The Morgan fingerprint density at radius 1 is 1.22 bits per heavy atom. The second kappa shape index (κ2) is 10.5. The van der Waals surface area contributed by atoms with Crippen molar-refractivity contribution >= 4 is 5.96 Å². The number of aryl methyl sites for hydroxylation is 3. The molecule has 0 atom stereocenters. The first-order valence-corrected chi connectivity index (χ1v) is 9.67. The lowest BCUT2D eigenvalue weighted by Crippen LogP contribution is -2.37. The first-order valence-electron chi connectivity index (χ1n) is 9.67. The summed E-state index contributed by atoms with van der Waals surface area (Å²) in [4.78, 5) is 16.1. The minimum Gasteiger partial charge on any atom is -0.361 e. The smallest absolute Gasteiger partial charge is 0.250 e. The number of rotatable bonds is 9. The minimum absolute atomic E-state index is 0.0626. The van der Waals surface area contributed by atoms with Gasteiger partial charge in [-0.05, 0) is 32.3 Å². The van der Waals surface area contributed by atoms with Gasteiger partial charge in [0.15, 0.2) is 5.96 Å². The van der Waals surface area contributed by atoms with E-state index >= 15 is 0 Å². The van der Waals surface area contributed by atoms with E-state index in [2.05, 4.69) is 34.6 Å². The molecule has 7 heteroatoms. The van der Waals surface area contributed by atoms with Crippen LogP contribution >= 0.6 is 0 Å². The molecule has 0 radical (unpaired) electrons. The molecule has 0 saturated heterocycles. The van der Waals surface area contributed by atoms with Crippen molar-refractivity contribution in [2.24, 2.45) is 4.99 Å². The molecule has 0 aliphatic heterocycles. The van der Waals surface area contributed by atoms with Crippen molar-refractivity contribution in [1.29, 1.82) is 0 Å². The molecular formula is C20H31N5O2. The van der Waals surface area contributed by atoms with Crippen LogP contribution in [-0.4, -0.2) is 29.3 Å². The van der Waals surface area contributed by atoms with Gasteiger partial charge in [0, 0.05) is 50.4 Å². The van der Waals surface area contributed by atoms with E-state index in [0.29, 0.717) is 6.54 Å². The molecule has 2 heterocycles. The van der Waals surface area contributed by atoms with Crippen LogP contribution in [0, 0.1) is 6.92 Å². The first kappa shape index (κ1) is 20.7. The average molecular weight is 374 g/mol. The van der Waals surface area contributed by atoms with Crippen molar-refractivity contribution in [3.63, 3.8) is 0 Å². The van der Waals surface area contributed by atoms with E-state index in [-0.39, 0.29) is 5.56 Å². The Kier molecular flexibility index (Phi) is 8.10. The summed E-state index contributed by atoms with van der Waals surface area (Å²) in [5.74, 6) is 1.69. The summed E-state index contributed by atoms with van der Waals surface area (Å²) in [6, 6.07) is 5.37. The molecule has 0 fully saturated rings. The predicted octanol–water partition coefficient (Wildman–Crippen LogP) is 2.41. The summed E-state index contributed by atoms with van der Waals surface area (Å²) < 4.78 is 7.22. The molecule has 0 bridgehead atoms. The highest BCUT2D eigenvalue weighted by atomic mass is 16.5. The number of unbranched alkanes of at least 4 members (excludes halogenated alkanes) is 1. The zero-order valence-electron chi connectivity index (χ0n) is 16.8. The Balaban J connectivity index is 1.76. The van der Waals surface area contributed by atoms with Crippen LogP contribution in [0.3, 0.4) is 0 Å². The Bertz CT molecular complexity index is 785. The second-order valence-corrected chi connectivity index (χ2v) is 6.45. The molecule has 2 aromatic heterocycles. The van der Waals surface area contributed by atoms with Crippen LogP contribution < -0.4 is 16.2 Å². The molecule has 0 aliphatic rings. The largest absolute Gasteiger partial charge is 0.361 e. The van der Waals surface area contributed by atoms with Gasteiger partial charge < -0.3 is 19.7 Å². The lowest BCUT2D eigenvalue weighted by Gasteiger charge is -2.13. The van der Waals surface area contributed by atoms with E-state index in [0.717, 1.165) is 67.4 Å². The number of pyridine rings is 1. The van der Waals surface area contributed by atoms with Gasteiger partial charge >= 0.3 is 0 Å². The van der Waals surface area contributed by atoms with Crippen molar-refractivity contribution in [3.05, 3.63) is 51.3 Å². The monoisotopic (exact) mass is 373 g/mol. The van der Waals surface area contributed by atoms with Crippen LogP contribution in [0.1, 0.15) is 49.4 Å². The topological polar surface area (TPSA) is 84.4 Å². The second-order valence-electron chi connectivity index (χ2n) is 6.45. The van der Waals surface area contributed by atoms with E-state index in [1.54, 1.807) is 19.2 Å². The summed E-state index contributed by atoms with van der Waals surface area (Å²) in [6.07, 6.45) is 3.56. The molecule has 0 unspecified atom stereocenters. The summed E-state index contributed by atoms with van der Waals surface area (Å²) in [7, 11) is 1.76. The molecule has 0 saturated carbocycles. The Morgan fingerprint density at radius 2 is 2.04 bits per heavy atom. The van der Waals surface area contributed by atoms with Crippen molar-refractivity contribution in [1.82, 2.24) is 20.4 Å². The molecule has 0 aromatic carbocycles.